The molecule has 4 aromatic rings. The number of halogens is 1. The molecule has 2 aromatic heterocycles. The van der Waals surface area contributed by atoms with Crippen LogP contribution in [0.3, 0.4) is 0 Å². The molecule has 132 valence electrons. The molecule has 0 amide bonds. The minimum absolute atomic E-state index is 0.116. The highest BCUT2D eigenvalue weighted by Crippen LogP contribution is 2.29. The number of pyridine rings is 1. The van der Waals surface area contributed by atoms with Crippen molar-refractivity contribution in [1.82, 2.24) is 9.38 Å². The van der Waals surface area contributed by atoms with E-state index in [9.17, 15) is 10.1 Å². The van der Waals surface area contributed by atoms with Crippen LogP contribution in [0.5, 0.6) is 0 Å². The first-order chi connectivity index (χ1) is 13.0. The Bertz CT molecular complexity index is 1340. The van der Waals surface area contributed by atoms with Crippen LogP contribution in [0.2, 0.25) is 5.02 Å². The van der Waals surface area contributed by atoms with Crippen LogP contribution in [0.1, 0.15) is 16.7 Å². The molecule has 0 saturated heterocycles. The van der Waals surface area contributed by atoms with Crippen molar-refractivity contribution in [1.29, 1.82) is 5.26 Å². The third-order valence-electron chi connectivity index (χ3n) is 4.47. The number of azo groups is 1. The summed E-state index contributed by atoms with van der Waals surface area (Å²) in [7, 11) is 0. The second-order valence-electron chi connectivity index (χ2n) is 6.25. The third-order valence-corrected chi connectivity index (χ3v) is 4.77. The standard InChI is InChI=1S/C20H14ClN5O/c1-11-7-8-15(14(21)9-11)24-25-18-12(2)13(10-22)19-23-16-5-3-4-6-17(16)26(19)20(18)27/h3-9,23H,1-2H3. The zero-order valence-electron chi connectivity index (χ0n) is 14.6. The lowest BCUT2D eigenvalue weighted by molar-refractivity contribution is 1.08. The van der Waals surface area contributed by atoms with E-state index in [1.165, 1.54) is 4.40 Å². The van der Waals surface area contributed by atoms with Gasteiger partial charge in [-0.2, -0.15) is 5.26 Å². The molecule has 6 nitrogen and oxygen atoms in total. The van der Waals surface area contributed by atoms with E-state index < -0.39 is 0 Å². The predicted octanol–water partition coefficient (Wildman–Crippen LogP) is 5.34. The van der Waals surface area contributed by atoms with E-state index in [2.05, 4.69) is 21.3 Å². The molecule has 4 rings (SSSR count). The van der Waals surface area contributed by atoms with Crippen molar-refractivity contribution in [2.24, 2.45) is 10.2 Å². The summed E-state index contributed by atoms with van der Waals surface area (Å²) in [5.41, 5.74) is 3.96. The molecule has 0 spiro atoms. The maximum atomic E-state index is 13.1. The summed E-state index contributed by atoms with van der Waals surface area (Å²) in [6.45, 7) is 3.62. The van der Waals surface area contributed by atoms with Gasteiger partial charge in [-0.1, -0.05) is 29.8 Å². The number of hydrogen-bond donors (Lipinski definition) is 1. The quantitative estimate of drug-likeness (QED) is 0.479. The van der Waals surface area contributed by atoms with Crippen molar-refractivity contribution in [2.45, 2.75) is 13.8 Å². The van der Waals surface area contributed by atoms with Gasteiger partial charge in [-0.05, 0) is 43.7 Å². The number of rotatable bonds is 2. The van der Waals surface area contributed by atoms with Crippen LogP contribution in [-0.4, -0.2) is 9.38 Å². The third kappa shape index (κ3) is 2.69. The maximum Gasteiger partial charge on any atom is 0.284 e. The van der Waals surface area contributed by atoms with Gasteiger partial charge < -0.3 is 4.98 Å². The number of nitriles is 1. The van der Waals surface area contributed by atoms with E-state index in [1.54, 1.807) is 19.1 Å². The summed E-state index contributed by atoms with van der Waals surface area (Å²) in [5.74, 6) is 0. The Morgan fingerprint density at radius 3 is 2.67 bits per heavy atom. The van der Waals surface area contributed by atoms with E-state index in [0.717, 1.165) is 11.1 Å². The average molecular weight is 376 g/mol. The van der Waals surface area contributed by atoms with Crippen molar-refractivity contribution in [2.75, 3.05) is 0 Å². The first kappa shape index (κ1) is 17.0. The number of nitrogens with zero attached hydrogens (tertiary/aromatic N) is 4. The topological polar surface area (TPSA) is 85.8 Å². The van der Waals surface area contributed by atoms with Gasteiger partial charge in [0.25, 0.3) is 5.56 Å². The second kappa shape index (κ2) is 6.38. The molecule has 27 heavy (non-hydrogen) atoms. The van der Waals surface area contributed by atoms with Crippen LogP contribution in [0.25, 0.3) is 16.7 Å². The number of aromatic amines is 1. The minimum Gasteiger partial charge on any atom is -0.338 e. The van der Waals surface area contributed by atoms with Gasteiger partial charge >= 0.3 is 0 Å². The molecule has 1 N–H and O–H groups in total. The number of hydrogen-bond acceptors (Lipinski definition) is 4. The Kier molecular flexibility index (Phi) is 4.02. The number of H-pyrrole nitrogens is 1. The molecule has 0 aliphatic carbocycles. The fourth-order valence-corrected chi connectivity index (χ4v) is 3.35. The normalized spacial score (nSPS) is 11.5. The second-order valence-corrected chi connectivity index (χ2v) is 6.65. The zero-order chi connectivity index (χ0) is 19.1. The van der Waals surface area contributed by atoms with E-state index in [4.69, 9.17) is 11.6 Å². The number of nitrogens with one attached hydrogen (secondary N) is 1. The molecule has 0 radical (unpaired) electrons. The fourth-order valence-electron chi connectivity index (χ4n) is 3.08. The molecular weight excluding hydrogens is 362 g/mol. The number of fused-ring (bicyclic) bond motifs is 3. The van der Waals surface area contributed by atoms with Crippen LogP contribution >= 0.6 is 11.6 Å². The van der Waals surface area contributed by atoms with Crippen LogP contribution < -0.4 is 5.56 Å². The molecule has 0 unspecified atom stereocenters. The van der Waals surface area contributed by atoms with Gasteiger partial charge in [0.15, 0.2) is 5.69 Å². The number of para-hydroxylation sites is 2. The lowest BCUT2D eigenvalue weighted by Crippen LogP contribution is -2.14. The molecule has 0 bridgehead atoms. The first-order valence-corrected chi connectivity index (χ1v) is 8.63. The number of aromatic nitrogens is 2. The lowest BCUT2D eigenvalue weighted by Gasteiger charge is -2.05. The van der Waals surface area contributed by atoms with E-state index in [1.807, 2.05) is 37.3 Å². The van der Waals surface area contributed by atoms with Gasteiger partial charge in [-0.15, -0.1) is 10.2 Å². The molecule has 0 aliphatic heterocycles. The Balaban J connectivity index is 2.01. The molecule has 0 atom stereocenters. The summed E-state index contributed by atoms with van der Waals surface area (Å²) >= 11 is 6.20. The number of imidazole rings is 1. The van der Waals surface area contributed by atoms with Crippen molar-refractivity contribution in [3.63, 3.8) is 0 Å². The monoisotopic (exact) mass is 375 g/mol. The molecule has 0 saturated carbocycles. The fraction of sp³-hybridized carbons (Fsp3) is 0.100. The summed E-state index contributed by atoms with van der Waals surface area (Å²) in [4.78, 5) is 16.2. The van der Waals surface area contributed by atoms with Crippen LogP contribution in [0.15, 0.2) is 57.5 Å². The van der Waals surface area contributed by atoms with E-state index in [0.29, 0.717) is 33.0 Å². The molecule has 2 aromatic carbocycles. The molecular formula is C20H14ClN5O. The zero-order valence-corrected chi connectivity index (χ0v) is 15.4. The summed E-state index contributed by atoms with van der Waals surface area (Å²) in [6, 6.07) is 14.9. The van der Waals surface area contributed by atoms with Gasteiger partial charge in [0, 0.05) is 5.56 Å². The van der Waals surface area contributed by atoms with Crippen molar-refractivity contribution in [3.8, 4) is 6.07 Å². The van der Waals surface area contributed by atoms with Crippen LogP contribution in [0.4, 0.5) is 11.4 Å². The Hall–Kier alpha value is -3.43. The average Bonchev–Trinajstić information content (AvgIpc) is 3.03. The van der Waals surface area contributed by atoms with Crippen molar-refractivity contribution < 1.29 is 0 Å². The summed E-state index contributed by atoms with van der Waals surface area (Å²) in [6.07, 6.45) is 0. The Morgan fingerprint density at radius 2 is 1.93 bits per heavy atom. The predicted molar refractivity (Wildman–Crippen MR) is 105 cm³/mol. The smallest absolute Gasteiger partial charge is 0.284 e. The van der Waals surface area contributed by atoms with E-state index >= 15 is 0 Å². The van der Waals surface area contributed by atoms with Gasteiger partial charge in [-0.3, -0.25) is 9.20 Å². The summed E-state index contributed by atoms with van der Waals surface area (Å²) in [5, 5.41) is 18.4. The summed E-state index contributed by atoms with van der Waals surface area (Å²) < 4.78 is 1.46. The maximum absolute atomic E-state index is 13.1. The highest BCUT2D eigenvalue weighted by atomic mass is 35.5. The molecule has 0 aliphatic rings. The molecule has 2 heterocycles. The van der Waals surface area contributed by atoms with Gasteiger partial charge in [0.1, 0.15) is 17.4 Å². The molecule has 0 fully saturated rings. The van der Waals surface area contributed by atoms with E-state index in [-0.39, 0.29) is 11.2 Å². The first-order valence-electron chi connectivity index (χ1n) is 8.25. The van der Waals surface area contributed by atoms with Gasteiger partial charge in [0.2, 0.25) is 0 Å². The van der Waals surface area contributed by atoms with Crippen molar-refractivity contribution in [3.05, 3.63) is 74.5 Å². The van der Waals surface area contributed by atoms with Gasteiger partial charge in [-0.25, -0.2) is 0 Å². The minimum atomic E-state index is -0.342. The Morgan fingerprint density at radius 1 is 1.15 bits per heavy atom. The SMILES string of the molecule is Cc1ccc(N=Nc2c(C)c(C#N)c3[nH]c4ccccc4n3c2=O)c(Cl)c1. The number of benzene rings is 2. The Labute approximate surface area is 159 Å². The van der Waals surface area contributed by atoms with Crippen molar-refractivity contribution >= 4 is 39.7 Å². The highest BCUT2D eigenvalue weighted by Gasteiger charge is 2.18. The van der Waals surface area contributed by atoms with Crippen LogP contribution in [0, 0.1) is 25.2 Å². The number of aryl methyl sites for hydroxylation is 1. The lowest BCUT2D eigenvalue weighted by atomic mass is 10.1. The highest BCUT2D eigenvalue weighted by molar-refractivity contribution is 6.33. The van der Waals surface area contributed by atoms with Gasteiger partial charge in [0.05, 0.1) is 21.6 Å². The van der Waals surface area contributed by atoms with Crippen LogP contribution in [-0.2, 0) is 0 Å². The molecule has 7 heteroatoms. The largest absolute Gasteiger partial charge is 0.338 e.